The molecule has 0 radical (unpaired) electrons. The third kappa shape index (κ3) is 4.54. The molecule has 3 rings (SSSR count). The summed E-state index contributed by atoms with van der Waals surface area (Å²) in [5.74, 6) is -0.287. The Morgan fingerprint density at radius 3 is 2.11 bits per heavy atom. The molecule has 0 spiro atoms. The Bertz CT molecular complexity index is 829. The second-order valence-electron chi connectivity index (χ2n) is 7.40. The second-order valence-corrected chi connectivity index (χ2v) is 7.40. The number of pyridine rings is 1. The highest BCUT2D eigenvalue weighted by atomic mass is 16.2. The fourth-order valence-corrected chi connectivity index (χ4v) is 3.70. The van der Waals surface area contributed by atoms with Crippen LogP contribution in [0.25, 0.3) is 0 Å². The number of rotatable bonds is 3. The number of hydrogen-bond donors (Lipinski definition) is 1. The maximum atomic E-state index is 12.8. The largest absolute Gasteiger partial charge is 0.339 e. The number of carbonyl (C=O) groups is 2. The van der Waals surface area contributed by atoms with Gasteiger partial charge in [0.05, 0.1) is 11.1 Å². The SMILES string of the molecule is Cc1cc(C)c(NC(=O)c2cncc(C(=O)N3CCCCCC3)c2)c(C)c1. The van der Waals surface area contributed by atoms with Gasteiger partial charge in [-0.2, -0.15) is 0 Å². The van der Waals surface area contributed by atoms with Crippen molar-refractivity contribution in [3.8, 4) is 0 Å². The first-order chi connectivity index (χ1) is 13.0. The maximum Gasteiger partial charge on any atom is 0.257 e. The number of aryl methyl sites for hydroxylation is 3. The van der Waals surface area contributed by atoms with Crippen molar-refractivity contribution in [2.75, 3.05) is 18.4 Å². The molecule has 0 atom stereocenters. The lowest BCUT2D eigenvalue weighted by Gasteiger charge is -2.20. The third-order valence-electron chi connectivity index (χ3n) is 5.06. The highest BCUT2D eigenvalue weighted by molar-refractivity contribution is 6.06. The van der Waals surface area contributed by atoms with Crippen LogP contribution in [-0.4, -0.2) is 34.8 Å². The fourth-order valence-electron chi connectivity index (χ4n) is 3.70. The Kier molecular flexibility index (Phi) is 5.89. The molecular formula is C22H27N3O2. The minimum absolute atomic E-state index is 0.0400. The average Bonchev–Trinajstić information content (AvgIpc) is 2.93. The van der Waals surface area contributed by atoms with Gasteiger partial charge in [-0.15, -0.1) is 0 Å². The van der Waals surface area contributed by atoms with E-state index in [1.807, 2.05) is 37.8 Å². The average molecular weight is 365 g/mol. The van der Waals surface area contributed by atoms with Crippen molar-refractivity contribution in [3.63, 3.8) is 0 Å². The molecule has 1 saturated heterocycles. The zero-order chi connectivity index (χ0) is 19.4. The number of nitrogens with zero attached hydrogens (tertiary/aromatic N) is 2. The summed E-state index contributed by atoms with van der Waals surface area (Å²) in [7, 11) is 0. The molecule has 27 heavy (non-hydrogen) atoms. The van der Waals surface area contributed by atoms with E-state index in [9.17, 15) is 9.59 Å². The monoisotopic (exact) mass is 365 g/mol. The number of benzene rings is 1. The third-order valence-corrected chi connectivity index (χ3v) is 5.06. The van der Waals surface area contributed by atoms with Crippen molar-refractivity contribution in [1.29, 1.82) is 0 Å². The summed E-state index contributed by atoms with van der Waals surface area (Å²) < 4.78 is 0. The van der Waals surface area contributed by atoms with Gasteiger partial charge in [0.1, 0.15) is 0 Å². The molecule has 1 aliphatic rings. The summed E-state index contributed by atoms with van der Waals surface area (Å²) in [6.07, 6.45) is 7.45. The van der Waals surface area contributed by atoms with Gasteiger partial charge in [-0.3, -0.25) is 14.6 Å². The van der Waals surface area contributed by atoms with Gasteiger partial charge in [-0.1, -0.05) is 30.5 Å². The van der Waals surface area contributed by atoms with E-state index in [1.54, 1.807) is 12.3 Å². The summed E-state index contributed by atoms with van der Waals surface area (Å²) in [4.78, 5) is 31.5. The van der Waals surface area contributed by atoms with Crippen LogP contribution in [0.1, 0.15) is 63.1 Å². The fraction of sp³-hybridized carbons (Fsp3) is 0.409. The van der Waals surface area contributed by atoms with E-state index in [0.717, 1.165) is 48.3 Å². The normalized spacial score (nSPS) is 14.6. The molecule has 5 heteroatoms. The molecule has 2 amide bonds. The number of anilines is 1. The van der Waals surface area contributed by atoms with E-state index in [-0.39, 0.29) is 11.8 Å². The molecule has 0 unspecified atom stereocenters. The molecule has 1 aromatic heterocycles. The lowest BCUT2D eigenvalue weighted by atomic mass is 10.0. The molecule has 2 heterocycles. The number of carbonyl (C=O) groups excluding carboxylic acids is 2. The van der Waals surface area contributed by atoms with Crippen LogP contribution in [0.5, 0.6) is 0 Å². The molecule has 0 bridgehead atoms. The molecular weight excluding hydrogens is 338 g/mol. The Morgan fingerprint density at radius 2 is 1.48 bits per heavy atom. The van der Waals surface area contributed by atoms with Gasteiger partial charge in [-0.25, -0.2) is 0 Å². The van der Waals surface area contributed by atoms with Gasteiger partial charge in [0.25, 0.3) is 11.8 Å². The molecule has 2 aromatic rings. The minimum Gasteiger partial charge on any atom is -0.339 e. The zero-order valence-electron chi connectivity index (χ0n) is 16.3. The molecule has 1 N–H and O–H groups in total. The first-order valence-electron chi connectivity index (χ1n) is 9.59. The highest BCUT2D eigenvalue weighted by Gasteiger charge is 2.19. The number of nitrogens with one attached hydrogen (secondary N) is 1. The van der Waals surface area contributed by atoms with E-state index in [4.69, 9.17) is 0 Å². The highest BCUT2D eigenvalue weighted by Crippen LogP contribution is 2.23. The smallest absolute Gasteiger partial charge is 0.257 e. The molecule has 0 saturated carbocycles. The Hall–Kier alpha value is -2.69. The summed E-state index contributed by atoms with van der Waals surface area (Å²) in [5.41, 5.74) is 4.89. The predicted molar refractivity (Wildman–Crippen MR) is 107 cm³/mol. The second kappa shape index (κ2) is 8.33. The predicted octanol–water partition coefficient (Wildman–Crippen LogP) is 4.28. The van der Waals surface area contributed by atoms with Crippen LogP contribution >= 0.6 is 0 Å². The van der Waals surface area contributed by atoms with Gasteiger partial charge in [-0.05, 0) is 50.8 Å². The van der Waals surface area contributed by atoms with Crippen molar-refractivity contribution < 1.29 is 9.59 Å². The van der Waals surface area contributed by atoms with E-state index in [0.29, 0.717) is 11.1 Å². The van der Waals surface area contributed by atoms with Crippen LogP contribution in [0.15, 0.2) is 30.6 Å². The number of amides is 2. The van der Waals surface area contributed by atoms with Crippen molar-refractivity contribution in [2.45, 2.75) is 46.5 Å². The van der Waals surface area contributed by atoms with Crippen molar-refractivity contribution in [2.24, 2.45) is 0 Å². The maximum absolute atomic E-state index is 12.8. The van der Waals surface area contributed by atoms with Crippen molar-refractivity contribution in [3.05, 3.63) is 58.4 Å². The first kappa shape index (κ1) is 19.1. The molecule has 1 fully saturated rings. The van der Waals surface area contributed by atoms with E-state index in [2.05, 4.69) is 10.3 Å². The molecule has 0 aliphatic carbocycles. The van der Waals surface area contributed by atoms with Crippen LogP contribution in [-0.2, 0) is 0 Å². The lowest BCUT2D eigenvalue weighted by molar-refractivity contribution is 0.0761. The van der Waals surface area contributed by atoms with Crippen LogP contribution < -0.4 is 5.32 Å². The first-order valence-corrected chi connectivity index (χ1v) is 9.59. The molecule has 5 nitrogen and oxygen atoms in total. The quantitative estimate of drug-likeness (QED) is 0.883. The molecule has 142 valence electrons. The minimum atomic E-state index is -0.247. The van der Waals surface area contributed by atoms with Gasteiger partial charge >= 0.3 is 0 Å². The van der Waals surface area contributed by atoms with Crippen LogP contribution in [0.3, 0.4) is 0 Å². The lowest BCUT2D eigenvalue weighted by Crippen LogP contribution is -2.32. The topological polar surface area (TPSA) is 62.3 Å². The Morgan fingerprint density at radius 1 is 0.889 bits per heavy atom. The number of aromatic nitrogens is 1. The summed E-state index contributed by atoms with van der Waals surface area (Å²) in [5, 5.41) is 2.97. The van der Waals surface area contributed by atoms with Gasteiger partial charge < -0.3 is 10.2 Å². The molecule has 1 aromatic carbocycles. The van der Waals surface area contributed by atoms with Crippen LogP contribution in [0.4, 0.5) is 5.69 Å². The van der Waals surface area contributed by atoms with Crippen molar-refractivity contribution in [1.82, 2.24) is 9.88 Å². The summed E-state index contributed by atoms with van der Waals surface area (Å²) in [6.45, 7) is 7.54. The standard InChI is InChI=1S/C22H27N3O2/c1-15-10-16(2)20(17(3)11-15)24-21(26)18-12-19(14-23-13-18)22(27)25-8-6-4-5-7-9-25/h10-14H,4-9H2,1-3H3,(H,24,26). The van der Waals surface area contributed by atoms with Gasteiger partial charge in [0.15, 0.2) is 0 Å². The van der Waals surface area contributed by atoms with Crippen LogP contribution in [0.2, 0.25) is 0 Å². The van der Waals surface area contributed by atoms with E-state index < -0.39 is 0 Å². The van der Waals surface area contributed by atoms with Crippen molar-refractivity contribution >= 4 is 17.5 Å². The van der Waals surface area contributed by atoms with E-state index >= 15 is 0 Å². The van der Waals surface area contributed by atoms with Gasteiger partial charge in [0.2, 0.25) is 0 Å². The summed E-state index contributed by atoms with van der Waals surface area (Å²) in [6, 6.07) is 5.73. The van der Waals surface area contributed by atoms with E-state index in [1.165, 1.54) is 19.0 Å². The zero-order valence-corrected chi connectivity index (χ0v) is 16.3. The van der Waals surface area contributed by atoms with Gasteiger partial charge in [0, 0.05) is 31.2 Å². The Balaban J connectivity index is 1.79. The summed E-state index contributed by atoms with van der Waals surface area (Å²) >= 11 is 0. The number of likely N-dealkylation sites (tertiary alicyclic amines) is 1. The molecule has 1 aliphatic heterocycles. The Labute approximate surface area is 160 Å². The number of hydrogen-bond acceptors (Lipinski definition) is 3. The van der Waals surface area contributed by atoms with Crippen LogP contribution in [0, 0.1) is 20.8 Å².